The summed E-state index contributed by atoms with van der Waals surface area (Å²) in [5, 5.41) is 7.78. The number of aryl methyl sites for hydroxylation is 1. The zero-order valence-corrected chi connectivity index (χ0v) is 16.7. The molecule has 1 aromatic heterocycles. The number of nitrogens with two attached hydrogens (primary N) is 1. The first kappa shape index (κ1) is 22.2. The third kappa shape index (κ3) is 5.09. The van der Waals surface area contributed by atoms with Crippen molar-refractivity contribution in [3.8, 4) is 0 Å². The smallest absolute Gasteiger partial charge is 0.228 e. The van der Waals surface area contributed by atoms with Gasteiger partial charge in [0, 0.05) is 12.0 Å². The third-order valence-electron chi connectivity index (χ3n) is 5.44. The molecule has 1 saturated heterocycles. The molecule has 0 unspecified atom stereocenters. The van der Waals surface area contributed by atoms with Gasteiger partial charge >= 0.3 is 0 Å². The van der Waals surface area contributed by atoms with Crippen LogP contribution in [-0.4, -0.2) is 47.3 Å². The van der Waals surface area contributed by atoms with Gasteiger partial charge in [0.05, 0.1) is 11.7 Å². The van der Waals surface area contributed by atoms with Gasteiger partial charge in [-0.15, -0.1) is 24.8 Å². The van der Waals surface area contributed by atoms with Crippen LogP contribution in [-0.2, 0) is 4.79 Å². The highest BCUT2D eigenvalue weighted by atomic mass is 35.5. The molecule has 25 heavy (non-hydrogen) atoms. The van der Waals surface area contributed by atoms with Crippen molar-refractivity contribution in [1.29, 1.82) is 0 Å². The summed E-state index contributed by atoms with van der Waals surface area (Å²) in [6, 6.07) is 2.37. The number of anilines is 1. The molecule has 3 rings (SSSR count). The van der Waals surface area contributed by atoms with E-state index in [2.05, 4.69) is 22.4 Å². The van der Waals surface area contributed by atoms with Crippen LogP contribution < -0.4 is 11.1 Å². The number of carbonyl (C=O) groups is 1. The summed E-state index contributed by atoms with van der Waals surface area (Å²) >= 11 is 0. The van der Waals surface area contributed by atoms with E-state index in [9.17, 15) is 4.79 Å². The lowest BCUT2D eigenvalue weighted by molar-refractivity contribution is -0.120. The Morgan fingerprint density at radius 1 is 1.28 bits per heavy atom. The van der Waals surface area contributed by atoms with Crippen LogP contribution in [0.25, 0.3) is 0 Å². The summed E-state index contributed by atoms with van der Waals surface area (Å²) in [6.07, 6.45) is 5.29. The Hall–Kier alpha value is -0.820. The van der Waals surface area contributed by atoms with Crippen LogP contribution in [0.4, 0.5) is 5.82 Å². The average Bonchev–Trinajstić information content (AvgIpc) is 3.14. The number of aromatic nitrogens is 2. The fraction of sp³-hybridized carbons (Fsp3) is 0.765. The summed E-state index contributed by atoms with van der Waals surface area (Å²) < 4.78 is 2.03. The van der Waals surface area contributed by atoms with Crippen molar-refractivity contribution in [3.63, 3.8) is 0 Å². The highest BCUT2D eigenvalue weighted by Gasteiger charge is 2.33. The van der Waals surface area contributed by atoms with Crippen LogP contribution in [0.5, 0.6) is 0 Å². The second kappa shape index (κ2) is 9.76. The molecule has 2 fully saturated rings. The van der Waals surface area contributed by atoms with E-state index >= 15 is 0 Å². The monoisotopic (exact) mass is 391 g/mol. The molecule has 0 spiro atoms. The van der Waals surface area contributed by atoms with Gasteiger partial charge in [0.2, 0.25) is 5.91 Å². The molecule has 1 amide bonds. The maximum Gasteiger partial charge on any atom is 0.228 e. The lowest BCUT2D eigenvalue weighted by atomic mass is 9.95. The fourth-order valence-electron chi connectivity index (χ4n) is 4.01. The maximum atomic E-state index is 12.7. The number of nitrogens with zero attached hydrogens (tertiary/aromatic N) is 3. The molecule has 1 saturated carbocycles. The van der Waals surface area contributed by atoms with Crippen molar-refractivity contribution >= 4 is 36.5 Å². The molecule has 2 heterocycles. The van der Waals surface area contributed by atoms with E-state index in [-0.39, 0.29) is 36.6 Å². The van der Waals surface area contributed by atoms with Gasteiger partial charge in [0.15, 0.2) is 0 Å². The van der Waals surface area contributed by atoms with Gasteiger partial charge < -0.3 is 16.0 Å². The predicted molar refractivity (Wildman–Crippen MR) is 106 cm³/mol. The largest absolute Gasteiger partial charge is 0.330 e. The van der Waals surface area contributed by atoms with E-state index in [1.807, 2.05) is 17.7 Å². The second-order valence-corrected chi connectivity index (χ2v) is 7.17. The second-order valence-electron chi connectivity index (χ2n) is 7.17. The first-order valence-electron chi connectivity index (χ1n) is 8.84. The summed E-state index contributed by atoms with van der Waals surface area (Å²) in [7, 11) is 2.15. The zero-order chi connectivity index (χ0) is 16.4. The van der Waals surface area contributed by atoms with Crippen molar-refractivity contribution in [3.05, 3.63) is 11.8 Å². The molecule has 1 aliphatic carbocycles. The number of halogens is 2. The number of nitrogens with one attached hydrogen (secondary N) is 1. The van der Waals surface area contributed by atoms with Crippen LogP contribution in [0, 0.1) is 18.8 Å². The van der Waals surface area contributed by atoms with E-state index < -0.39 is 0 Å². The van der Waals surface area contributed by atoms with Crippen LogP contribution >= 0.6 is 24.8 Å². The molecule has 0 radical (unpaired) electrons. The molecule has 1 aliphatic heterocycles. The lowest BCUT2D eigenvalue weighted by Crippen LogP contribution is -2.34. The maximum absolute atomic E-state index is 12.7. The molecular formula is C17H31Cl2N5O. The fourth-order valence-corrected chi connectivity index (χ4v) is 4.01. The molecule has 6 nitrogen and oxygen atoms in total. The highest BCUT2D eigenvalue weighted by molar-refractivity contribution is 5.92. The Bertz CT molecular complexity index is 557. The minimum absolute atomic E-state index is 0. The molecule has 2 atom stereocenters. The van der Waals surface area contributed by atoms with Gasteiger partial charge in [0.1, 0.15) is 5.82 Å². The van der Waals surface area contributed by atoms with Gasteiger partial charge in [0.25, 0.3) is 0 Å². The number of hydrogen-bond acceptors (Lipinski definition) is 4. The van der Waals surface area contributed by atoms with E-state index in [4.69, 9.17) is 5.73 Å². The van der Waals surface area contributed by atoms with E-state index in [1.54, 1.807) is 0 Å². The quantitative estimate of drug-likeness (QED) is 0.826. The molecular weight excluding hydrogens is 361 g/mol. The Labute approximate surface area is 162 Å². The Morgan fingerprint density at radius 3 is 2.60 bits per heavy atom. The topological polar surface area (TPSA) is 76.2 Å². The van der Waals surface area contributed by atoms with Crippen LogP contribution in [0.15, 0.2) is 6.07 Å². The van der Waals surface area contributed by atoms with Gasteiger partial charge in [-0.3, -0.25) is 4.79 Å². The van der Waals surface area contributed by atoms with Crippen LogP contribution in [0.3, 0.4) is 0 Å². The Kier molecular flexibility index (Phi) is 8.68. The summed E-state index contributed by atoms with van der Waals surface area (Å²) in [5.41, 5.74) is 6.78. The minimum atomic E-state index is 0. The van der Waals surface area contributed by atoms with Gasteiger partial charge in [-0.2, -0.15) is 5.10 Å². The van der Waals surface area contributed by atoms with Crippen molar-refractivity contribution in [2.24, 2.45) is 17.6 Å². The van der Waals surface area contributed by atoms with Crippen molar-refractivity contribution < 1.29 is 4.79 Å². The summed E-state index contributed by atoms with van der Waals surface area (Å²) in [6.45, 7) is 4.74. The molecule has 8 heteroatoms. The average molecular weight is 392 g/mol. The first-order chi connectivity index (χ1) is 11.1. The van der Waals surface area contributed by atoms with E-state index in [1.165, 1.54) is 0 Å². The van der Waals surface area contributed by atoms with E-state index in [0.29, 0.717) is 18.5 Å². The highest BCUT2D eigenvalue weighted by Crippen LogP contribution is 2.32. The Morgan fingerprint density at radius 2 is 1.96 bits per heavy atom. The van der Waals surface area contributed by atoms with Gasteiger partial charge in [-0.25, -0.2) is 4.68 Å². The number of carbonyl (C=O) groups excluding carboxylic acids is 1. The molecule has 144 valence electrons. The zero-order valence-electron chi connectivity index (χ0n) is 15.1. The minimum Gasteiger partial charge on any atom is -0.330 e. The van der Waals surface area contributed by atoms with Gasteiger partial charge in [-0.05, 0) is 65.2 Å². The van der Waals surface area contributed by atoms with Crippen LogP contribution in [0.2, 0.25) is 0 Å². The molecule has 1 aromatic rings. The normalized spacial score (nSPS) is 24.4. The standard InChI is InChI=1S/C17H29N5O.2ClH/c1-12-10-16(19-17(23)15-5-3-4-13(15)11-18)22(20-12)14-6-8-21(2)9-7-14;;/h10,13-15H,3-9,11,18H2,1-2H3,(H,19,23);2*1H/t13-,15-;;/m1../s1. The van der Waals surface area contributed by atoms with E-state index in [0.717, 1.165) is 56.7 Å². The number of amides is 1. The molecule has 0 bridgehead atoms. The SMILES string of the molecule is Cc1cc(NC(=O)[C@@H]2CCC[C@@H]2CN)n(C2CCN(C)CC2)n1.Cl.Cl. The lowest BCUT2D eigenvalue weighted by Gasteiger charge is -2.30. The molecule has 0 aromatic carbocycles. The summed E-state index contributed by atoms with van der Waals surface area (Å²) in [4.78, 5) is 15.0. The van der Waals surface area contributed by atoms with Crippen molar-refractivity contribution in [1.82, 2.24) is 14.7 Å². The van der Waals surface area contributed by atoms with Crippen molar-refractivity contribution in [2.75, 3.05) is 32.0 Å². The number of hydrogen-bond donors (Lipinski definition) is 2. The third-order valence-corrected chi connectivity index (χ3v) is 5.44. The molecule has 2 aliphatic rings. The number of likely N-dealkylation sites (tertiary alicyclic amines) is 1. The van der Waals surface area contributed by atoms with Crippen LogP contribution in [0.1, 0.15) is 43.8 Å². The predicted octanol–water partition coefficient (Wildman–Crippen LogP) is 2.62. The Balaban J connectivity index is 0.00000156. The first-order valence-corrected chi connectivity index (χ1v) is 8.84. The number of piperidine rings is 1. The van der Waals surface area contributed by atoms with Crippen molar-refractivity contribution in [2.45, 2.75) is 45.1 Å². The molecule has 3 N–H and O–H groups in total. The summed E-state index contributed by atoms with van der Waals surface area (Å²) in [5.74, 6) is 1.36. The number of rotatable bonds is 4. The van der Waals surface area contributed by atoms with Gasteiger partial charge in [-0.1, -0.05) is 6.42 Å².